The number of aliphatic hydroxyl groups excluding tert-OH is 1. The molecule has 0 aromatic carbocycles. The van der Waals surface area contributed by atoms with Crippen molar-refractivity contribution in [2.75, 3.05) is 51.9 Å². The number of fused-ring (bicyclic) bond motifs is 2. The summed E-state index contributed by atoms with van der Waals surface area (Å²) < 4.78 is 99.3. The van der Waals surface area contributed by atoms with Crippen LogP contribution >= 0.6 is 0 Å². The zero-order valence-electron chi connectivity index (χ0n) is 47.7. The summed E-state index contributed by atoms with van der Waals surface area (Å²) in [4.78, 5) is 72.3. The minimum Gasteiger partial charge on any atom is -0.477 e. The summed E-state index contributed by atoms with van der Waals surface area (Å²) in [6.07, 6.45) is -10.9. The molecule has 24 nitrogen and oxygen atoms in total. The normalized spacial score (nSPS) is 37.0. The van der Waals surface area contributed by atoms with Crippen molar-refractivity contribution in [3.05, 3.63) is 33.9 Å². The molecular weight excluding hydrogens is 1060 g/mol. The standard InChI is InChI=1S/C53H82FN5O19S/c1-15-36-53(11)43(76-50(66)77-53)28(5)38(60)26(3)23-51(9,67)42(75-49-40(62)35(58(12)13)21-27(4)71-49)29(6)41(30(7)48(65)73-36)74-37-24-52(10,70-14)44(31(8)72-37)78-79(68,69)20-19-55-17-18-56-45-34(54)22-32-39(61)33(47(63)64)25-59(16-2)46(32)57-45/h22,25-31,35-37,40-44,49,55,62,67H,15-21,23-24H2,1-14H3,(H,56,57)(H,63,64)/t26-,27-,28+,29+,30-,31+,35+,36-,37+,40-,41+,42-,43-,44+,49+,51-,52-,53-/m1/s1. The van der Waals surface area contributed by atoms with E-state index in [1.807, 2.05) is 25.9 Å². The predicted octanol–water partition coefficient (Wildman–Crippen LogP) is 3.59. The quantitative estimate of drug-likeness (QED) is 0.0809. The molecule has 4 fully saturated rings. The minimum atomic E-state index is -4.31. The van der Waals surface area contributed by atoms with Crippen LogP contribution in [0.25, 0.3) is 11.0 Å². The number of carbonyl (C=O) groups excluding carboxylic acids is 3. The van der Waals surface area contributed by atoms with Gasteiger partial charge in [0.2, 0.25) is 5.43 Å². The highest BCUT2D eigenvalue weighted by Gasteiger charge is 2.59. The first-order valence-corrected chi connectivity index (χ1v) is 28.6. The number of nitrogens with one attached hydrogen (secondary N) is 2. The zero-order valence-corrected chi connectivity index (χ0v) is 48.5. The topological polar surface area (TPSA) is 308 Å². The lowest BCUT2D eigenvalue weighted by Crippen LogP contribution is -2.61. The molecule has 0 amide bonds. The van der Waals surface area contributed by atoms with E-state index in [1.54, 1.807) is 62.3 Å². The Balaban J connectivity index is 1.21. The number of rotatable bonds is 18. The van der Waals surface area contributed by atoms with Crippen LogP contribution in [0.3, 0.4) is 0 Å². The molecule has 0 spiro atoms. The summed E-state index contributed by atoms with van der Waals surface area (Å²) >= 11 is 0. The van der Waals surface area contributed by atoms with E-state index >= 15 is 4.39 Å². The number of aromatic nitrogens is 2. The first-order valence-electron chi connectivity index (χ1n) is 27.0. The highest BCUT2D eigenvalue weighted by molar-refractivity contribution is 7.86. The number of cyclic esters (lactones) is 1. The Bertz CT molecular complexity index is 2700. The van der Waals surface area contributed by atoms with Gasteiger partial charge >= 0.3 is 18.1 Å². The second-order valence-corrected chi connectivity index (χ2v) is 24.3. The fourth-order valence-corrected chi connectivity index (χ4v) is 13.0. The highest BCUT2D eigenvalue weighted by Crippen LogP contribution is 2.44. The van der Waals surface area contributed by atoms with Gasteiger partial charge in [-0.25, -0.2) is 19.0 Å². The fraction of sp³-hybridized carbons (Fsp3) is 0.774. The van der Waals surface area contributed by atoms with E-state index in [4.69, 9.17) is 42.1 Å². The molecule has 6 rings (SSSR count). The summed E-state index contributed by atoms with van der Waals surface area (Å²) in [5.41, 5.74) is -6.23. The van der Waals surface area contributed by atoms with Crippen molar-refractivity contribution in [1.29, 1.82) is 0 Å². The number of Topliss-reactive ketones (excluding diaryl/α,β-unsaturated/α-hetero) is 1. The Morgan fingerprint density at radius 1 is 0.962 bits per heavy atom. The van der Waals surface area contributed by atoms with Crippen molar-refractivity contribution < 1.29 is 89.4 Å². The van der Waals surface area contributed by atoms with Crippen LogP contribution in [0.1, 0.15) is 112 Å². The molecule has 26 heteroatoms. The van der Waals surface area contributed by atoms with E-state index in [0.29, 0.717) is 6.42 Å². The first-order chi connectivity index (χ1) is 36.8. The van der Waals surface area contributed by atoms with Gasteiger partial charge in [-0.05, 0) is 87.9 Å². The molecule has 2 aromatic rings. The third kappa shape index (κ3) is 13.9. The largest absolute Gasteiger partial charge is 0.509 e. The Morgan fingerprint density at radius 3 is 2.27 bits per heavy atom. The third-order valence-corrected chi connectivity index (χ3v) is 17.4. The van der Waals surface area contributed by atoms with Gasteiger partial charge in [-0.3, -0.25) is 18.6 Å². The van der Waals surface area contributed by atoms with E-state index in [0.717, 1.165) is 12.3 Å². The molecule has 5 N–H and O–H groups in total. The number of ether oxygens (including phenoxy) is 8. The fourth-order valence-electron chi connectivity index (χ4n) is 11.8. The number of aryl methyl sites for hydroxylation is 1. The van der Waals surface area contributed by atoms with Gasteiger partial charge < -0.3 is 73.3 Å². The molecule has 4 aliphatic heterocycles. The lowest BCUT2D eigenvalue weighted by molar-refractivity contribution is -0.316. The molecule has 0 radical (unpaired) electrons. The van der Waals surface area contributed by atoms with E-state index in [9.17, 15) is 47.7 Å². The molecule has 4 aliphatic rings. The lowest BCUT2D eigenvalue weighted by Gasteiger charge is -2.49. The molecule has 2 aromatic heterocycles. The maximum Gasteiger partial charge on any atom is 0.509 e. The Kier molecular flexibility index (Phi) is 20.4. The highest BCUT2D eigenvalue weighted by atomic mass is 32.2. The van der Waals surface area contributed by atoms with Gasteiger partial charge in [0.25, 0.3) is 10.1 Å². The minimum absolute atomic E-state index is 0.0742. The number of carboxylic acid groups (broad SMARTS) is 1. The Labute approximate surface area is 460 Å². The number of hydrogen-bond acceptors (Lipinski definition) is 22. The molecule has 0 saturated carbocycles. The molecule has 6 heterocycles. The Hall–Kier alpha value is -4.48. The maximum absolute atomic E-state index is 15.1. The van der Waals surface area contributed by atoms with Crippen molar-refractivity contribution in [1.82, 2.24) is 19.8 Å². The summed E-state index contributed by atoms with van der Waals surface area (Å²) in [5.74, 6) is -8.25. The molecule has 0 bridgehead atoms. The monoisotopic (exact) mass is 1140 g/mol. The molecule has 0 aliphatic carbocycles. The van der Waals surface area contributed by atoms with E-state index < -0.39 is 159 Å². The second-order valence-electron chi connectivity index (χ2n) is 22.5. The van der Waals surface area contributed by atoms with Gasteiger partial charge in [-0.1, -0.05) is 27.7 Å². The van der Waals surface area contributed by atoms with Crippen LogP contribution in [0.15, 0.2) is 17.1 Å². The first kappa shape index (κ1) is 63.7. The second kappa shape index (κ2) is 25.3. The number of aromatic carboxylic acids is 1. The van der Waals surface area contributed by atoms with Crippen LogP contribution < -0.4 is 16.1 Å². The van der Waals surface area contributed by atoms with Gasteiger partial charge in [0.1, 0.15) is 35.3 Å². The smallest absolute Gasteiger partial charge is 0.477 e. The molecule has 446 valence electrons. The van der Waals surface area contributed by atoms with E-state index in [2.05, 4.69) is 15.6 Å². The molecule has 79 heavy (non-hydrogen) atoms. The van der Waals surface area contributed by atoms with E-state index in [1.165, 1.54) is 18.6 Å². The summed E-state index contributed by atoms with van der Waals surface area (Å²) in [6.45, 7) is 18.4. The SMILES string of the molecule is CC[C@H]1OC(=O)[C@H](C)[C@@H](O[C@H]2C[C@@](C)(OC)[C@@H](OS(=O)(=O)CCNCCNc3nc4c(cc3F)c(=O)c(C(=O)O)cn4CC)[C@H](C)O2)[C@H](C)[C@@H](O[C@@H]2O[C@H](C)C[C@H](N(C)C)[C@H]2O)[C@](C)(O)C[C@@H](C)C(=O)[C@H](C)[C@H]2OC(=O)O[C@@]21C. The zero-order chi connectivity index (χ0) is 58.9. The molecular formula is C53H82FN5O19S. The number of esters is 1. The third-order valence-electron chi connectivity index (χ3n) is 16.2. The summed E-state index contributed by atoms with van der Waals surface area (Å²) in [6, 6.07) is 0.514. The number of carboxylic acids is 1. The van der Waals surface area contributed by atoms with Gasteiger partial charge in [0, 0.05) is 63.8 Å². The lowest BCUT2D eigenvalue weighted by atomic mass is 9.74. The van der Waals surface area contributed by atoms with Gasteiger partial charge in [0.05, 0.1) is 58.6 Å². The maximum atomic E-state index is 15.1. The van der Waals surface area contributed by atoms with Crippen LogP contribution in [-0.4, -0.2) is 193 Å². The summed E-state index contributed by atoms with van der Waals surface area (Å²) in [5, 5.41) is 39.5. The van der Waals surface area contributed by atoms with Crippen molar-refractivity contribution in [3.63, 3.8) is 0 Å². The van der Waals surface area contributed by atoms with Gasteiger partial charge in [-0.2, -0.15) is 8.42 Å². The number of methoxy groups -OCH3 is 1. The molecule has 4 saturated heterocycles. The number of halogens is 1. The van der Waals surface area contributed by atoms with Gasteiger partial charge in [-0.15, -0.1) is 0 Å². The number of anilines is 1. The average Bonchev–Trinajstić information content (AvgIpc) is 3.73. The Morgan fingerprint density at radius 2 is 1.65 bits per heavy atom. The van der Waals surface area contributed by atoms with Crippen LogP contribution in [-0.2, 0) is 68.3 Å². The van der Waals surface area contributed by atoms with Crippen LogP contribution in [0, 0.1) is 29.5 Å². The summed E-state index contributed by atoms with van der Waals surface area (Å²) in [7, 11) is 0.694. The number of pyridine rings is 2. The average molecular weight is 1140 g/mol. The molecule has 18 atom stereocenters. The number of ketones is 1. The van der Waals surface area contributed by atoms with Crippen molar-refractivity contribution in [3.8, 4) is 0 Å². The number of hydrogen-bond donors (Lipinski definition) is 5. The molecule has 0 unspecified atom stereocenters. The number of nitrogens with zero attached hydrogens (tertiary/aromatic N) is 3. The number of aliphatic hydroxyl groups is 2. The van der Waals surface area contributed by atoms with Crippen LogP contribution in [0.2, 0.25) is 0 Å². The predicted molar refractivity (Wildman–Crippen MR) is 282 cm³/mol. The van der Waals surface area contributed by atoms with Crippen LogP contribution in [0.5, 0.6) is 0 Å². The number of carbonyl (C=O) groups is 4. The van der Waals surface area contributed by atoms with Crippen molar-refractivity contribution in [2.45, 2.75) is 193 Å². The van der Waals surface area contributed by atoms with Crippen molar-refractivity contribution >= 4 is 50.8 Å². The van der Waals surface area contributed by atoms with E-state index in [-0.39, 0.29) is 68.1 Å². The number of likely N-dealkylation sites (N-methyl/N-ethyl adjacent to an activating group) is 1. The van der Waals surface area contributed by atoms with Crippen molar-refractivity contribution in [2.24, 2.45) is 23.7 Å². The van der Waals surface area contributed by atoms with Crippen LogP contribution in [0.4, 0.5) is 15.0 Å². The van der Waals surface area contributed by atoms with Gasteiger partial charge in [0.15, 0.2) is 35.9 Å².